The van der Waals surface area contributed by atoms with Gasteiger partial charge in [-0.3, -0.25) is 19.2 Å². The molecule has 0 unspecified atom stereocenters. The van der Waals surface area contributed by atoms with Gasteiger partial charge < -0.3 is 59.7 Å². The molecule has 12 atom stereocenters. The van der Waals surface area contributed by atoms with E-state index in [0.29, 0.717) is 23.8 Å². The third-order valence-electron chi connectivity index (χ3n) is 18.5. The summed E-state index contributed by atoms with van der Waals surface area (Å²) in [6.45, 7) is 2.06. The van der Waals surface area contributed by atoms with Crippen molar-refractivity contribution in [2.45, 2.75) is 96.7 Å². The highest BCUT2D eigenvalue weighted by Gasteiger charge is 2.65. The fraction of sp³-hybridized carbons (Fsp3) is 0.390. The Balaban J connectivity index is 0.000000270. The van der Waals surface area contributed by atoms with E-state index in [-0.39, 0.29) is 23.6 Å². The van der Waals surface area contributed by atoms with Crippen LogP contribution >= 0.6 is 12.2 Å². The van der Waals surface area contributed by atoms with Crippen molar-refractivity contribution in [1.82, 2.24) is 15.9 Å². The predicted octanol–water partition coefficient (Wildman–Crippen LogP) is 15.6. The Bertz CT molecular complexity index is 4660. The van der Waals surface area contributed by atoms with Crippen molar-refractivity contribution in [3.63, 3.8) is 0 Å². The number of ketones is 2. The maximum atomic E-state index is 14.7. The van der Waals surface area contributed by atoms with Crippen molar-refractivity contribution in [3.05, 3.63) is 251 Å². The molecule has 4 aliphatic rings. The Labute approximate surface area is 694 Å². The quantitative estimate of drug-likeness (QED) is 0.00627. The van der Waals surface area contributed by atoms with Gasteiger partial charge in [-0.25, -0.2) is 49.0 Å². The summed E-state index contributed by atoms with van der Waals surface area (Å²) in [7, 11) is 2.48. The molecule has 6 aromatic carbocycles. The number of rotatable bonds is 24. The highest BCUT2D eigenvalue weighted by molar-refractivity contribution is 7.80. The van der Waals surface area contributed by atoms with Crippen LogP contribution in [0.4, 0.5) is 123 Å². The molecule has 0 saturated carbocycles. The third-order valence-corrected chi connectivity index (χ3v) is 18.8. The summed E-state index contributed by atoms with van der Waals surface area (Å²) in [4.78, 5) is 44.0. The number of Topliss-reactive ketones (excluding diaryl/α,β-unsaturated/α-hetero) is 2. The summed E-state index contributed by atoms with van der Waals surface area (Å²) in [6.07, 6.45) is -40.7. The number of alkyl halides is 18. The molecule has 4 saturated heterocycles. The van der Waals surface area contributed by atoms with Crippen molar-refractivity contribution in [3.8, 4) is 0 Å². The maximum Gasteiger partial charge on any atom is 0.418 e. The monoisotopic (exact) mass is 1850 g/mol. The normalized spacial score (nSPS) is 22.0. The lowest BCUT2D eigenvalue weighted by atomic mass is 9.77. The maximum absolute atomic E-state index is 14.7. The zero-order valence-corrected chi connectivity index (χ0v) is 64.8. The van der Waals surface area contributed by atoms with Crippen molar-refractivity contribution in [2.75, 3.05) is 73.6 Å². The summed E-state index contributed by atoms with van der Waals surface area (Å²) in [5.74, 6) is -19.5. The van der Waals surface area contributed by atoms with Crippen molar-refractivity contribution < 1.29 is 191 Å². The second kappa shape index (κ2) is 44.6. The number of oxime groups is 1. The summed E-state index contributed by atoms with van der Waals surface area (Å²) >= 11 is 5.18. The first-order valence-corrected chi connectivity index (χ1v) is 35.5. The number of amides is 1. The topological polar surface area (TPSA) is 251 Å². The van der Waals surface area contributed by atoms with Gasteiger partial charge in [0.15, 0.2) is 106 Å². The standard InChI is InChI=1S/C21H18F5NO3S.C12H10F5NO2.C12H12F5NO2.C12H10F5NO2.C12H9F5O2.C8H12F3NO3/c22-15-8-4-7-13(18(15)23)20(11-30-19(14(20)10-28)21(24,25)26)27-17(31)9-16(29)12-5-2-1-3-6-12;13-8-3-1-2-6(9(8)14)11-5-19-10(12(15,16)17)7(11)4-20-18-11;13-8-3-1-2-6(9(8)14)11(18)5-20-10(7(11)4-19)12(15,16)17;1-2-10(12(15,16)17)20-6-9(18-19)7-4-3-5-8(13)11(7)14;1-2-10(12(15,16)17)19-6-9(18)7-4-3-5-8(13)11(7)14;1-4-6(8(9,10)11)15-5-7(13)12(2)14-3/h1-8,14,19,28H,9-11H2,(H,27,31);1-3,7,10,18H,4-5H2;1-3,7,10,19H,4-5,18H2;2-5,10,19H,1,6H2;2-5,10H,1,6H2;4,6H,1,5H2,2-3H3/t14-,19+,20-;2*7-,10+,11-;2*10-;6-/m111000/s1. The third kappa shape index (κ3) is 26.9. The molecule has 0 aliphatic carbocycles. The number of thiocarbonyl (C=S) groups is 1. The van der Waals surface area contributed by atoms with Gasteiger partial charge in [0.25, 0.3) is 5.91 Å². The molecule has 48 heteroatoms. The van der Waals surface area contributed by atoms with Gasteiger partial charge in [0, 0.05) is 52.6 Å². The van der Waals surface area contributed by atoms with E-state index in [4.69, 9.17) is 37.5 Å². The fourth-order valence-electron chi connectivity index (χ4n) is 12.3. The van der Waals surface area contributed by atoms with Gasteiger partial charge in [-0.05, 0) is 42.5 Å². The van der Waals surface area contributed by atoms with Gasteiger partial charge in [0.1, 0.15) is 24.5 Å². The number of nitrogens with one attached hydrogen (secondary N) is 2. The number of ether oxygens (including phenoxy) is 6. The van der Waals surface area contributed by atoms with E-state index in [1.54, 1.807) is 30.3 Å². The Hall–Kier alpha value is -9.73. The second-order valence-corrected chi connectivity index (χ2v) is 27.0. The molecule has 0 radical (unpaired) electrons. The number of aliphatic hydroxyl groups is 2. The van der Waals surface area contributed by atoms with E-state index in [1.807, 2.05) is 0 Å². The van der Waals surface area contributed by atoms with Crippen LogP contribution < -0.4 is 16.5 Å². The Morgan fingerprint density at radius 3 is 1.39 bits per heavy atom. The van der Waals surface area contributed by atoms with Crippen LogP contribution in [0.3, 0.4) is 0 Å². The average molecular weight is 1850 g/mol. The van der Waals surface area contributed by atoms with Gasteiger partial charge in [0.2, 0.25) is 0 Å². The molecule has 4 heterocycles. The highest BCUT2D eigenvalue weighted by Crippen LogP contribution is 2.50. The lowest BCUT2D eigenvalue weighted by Gasteiger charge is -2.37. The molecule has 0 bridgehead atoms. The number of hydrogen-bond donors (Lipinski definition) is 6. The number of likely N-dealkylation sites (N-methyl/N-ethyl adjacent to an activating group) is 1. The van der Waals surface area contributed by atoms with E-state index in [0.717, 1.165) is 83.9 Å². The Morgan fingerprint density at radius 2 is 0.936 bits per heavy atom. The SMILES string of the molecule is C=C[C@H](OCC(=NO)c1cccc(F)c1F)C(F)(F)F.C=C[C@H](OCC(=O)N(C)OC)C(F)(F)F.C=C[C@H](OCC(=O)c1cccc(F)c1F)C(F)(F)F.Fc1cccc([C@]23CO[C@H](C(F)(F)F)[C@H]2CON3)c1F.N[C@@]1(c2cccc(F)c2F)CO[C@H](C(F)(F)F)[C@H]1CO.O=C(CC(=S)N[C@@]1(c2cccc(F)c2F)CO[C@H](C(F)(F)F)[C@H]1CO)c1ccccc1. The molecule has 0 aromatic heterocycles. The zero-order valence-electron chi connectivity index (χ0n) is 64.0. The number of halogens is 28. The minimum Gasteiger partial charge on any atom is -0.411 e. The number of nitrogens with two attached hydrogens (primary N) is 1. The predicted molar refractivity (Wildman–Crippen MR) is 384 cm³/mol. The van der Waals surface area contributed by atoms with Gasteiger partial charge >= 0.3 is 37.1 Å². The largest absolute Gasteiger partial charge is 0.418 e. The minimum absolute atomic E-state index is 0.192. The molecular formula is C77H71F28N5O14S. The number of nitrogens with zero attached hydrogens (tertiary/aromatic N) is 2. The van der Waals surface area contributed by atoms with Gasteiger partial charge in [-0.15, -0.1) is 19.7 Å². The number of aliphatic hydroxyl groups excluding tert-OH is 2. The molecule has 4 aliphatic heterocycles. The zero-order chi connectivity index (χ0) is 94.5. The summed E-state index contributed by atoms with van der Waals surface area (Å²) < 4.78 is 390. The van der Waals surface area contributed by atoms with E-state index in [2.05, 4.69) is 59.5 Å². The molecule has 19 nitrogen and oxygen atoms in total. The molecule has 4 fully saturated rings. The first-order chi connectivity index (χ1) is 58.1. The van der Waals surface area contributed by atoms with Crippen LogP contribution in [0.5, 0.6) is 0 Å². The summed E-state index contributed by atoms with van der Waals surface area (Å²) in [6, 6.07) is 23.3. The molecule has 690 valence electrons. The minimum atomic E-state index is -4.87. The number of carbonyl (C=O) groups excluding carboxylic acids is 3. The van der Waals surface area contributed by atoms with Crippen molar-refractivity contribution in [2.24, 2.45) is 28.6 Å². The second-order valence-electron chi connectivity index (χ2n) is 26.5. The first kappa shape index (κ1) is 106. The Morgan fingerprint density at radius 1 is 0.536 bits per heavy atom. The highest BCUT2D eigenvalue weighted by atomic mass is 32.1. The van der Waals surface area contributed by atoms with Crippen molar-refractivity contribution in [1.29, 1.82) is 0 Å². The van der Waals surface area contributed by atoms with Gasteiger partial charge in [0.05, 0.1) is 81.4 Å². The van der Waals surface area contributed by atoms with Crippen LogP contribution in [0.2, 0.25) is 0 Å². The smallest absolute Gasteiger partial charge is 0.411 e. The van der Waals surface area contributed by atoms with Crippen LogP contribution in [-0.4, -0.2) is 196 Å². The molecule has 7 N–H and O–H groups in total. The lowest BCUT2D eigenvalue weighted by Crippen LogP contribution is -2.55. The molecule has 6 aromatic rings. The summed E-state index contributed by atoms with van der Waals surface area (Å²) in [5.41, 5.74) is 0.158. The molecule has 125 heavy (non-hydrogen) atoms. The molecule has 10 rings (SSSR count). The fourth-order valence-corrected chi connectivity index (χ4v) is 12.6. The number of carbonyl (C=O) groups is 3. The summed E-state index contributed by atoms with van der Waals surface area (Å²) in [5, 5.41) is 33.7. The van der Waals surface area contributed by atoms with Gasteiger partial charge in [-0.2, -0.15) is 84.5 Å². The average Bonchev–Trinajstić information content (AvgIpc) is 1.62. The van der Waals surface area contributed by atoms with E-state index < -0.39 is 265 Å². The number of hydroxylamine groups is 3. The van der Waals surface area contributed by atoms with E-state index >= 15 is 0 Å². The van der Waals surface area contributed by atoms with Crippen LogP contribution in [0.15, 0.2) is 164 Å². The van der Waals surface area contributed by atoms with Crippen LogP contribution in [0, 0.1) is 75.9 Å². The van der Waals surface area contributed by atoms with E-state index in [1.165, 1.54) is 26.3 Å². The van der Waals surface area contributed by atoms with Crippen LogP contribution in [-0.2, 0) is 59.5 Å². The molecular weight excluding hydrogens is 1780 g/mol. The van der Waals surface area contributed by atoms with Gasteiger partial charge in [-0.1, -0.05) is 114 Å². The number of hydrogen-bond acceptors (Lipinski definition) is 18. The number of benzene rings is 6. The lowest BCUT2D eigenvalue weighted by molar-refractivity contribution is -0.219. The Kier molecular flexibility index (Phi) is 37.8. The van der Waals surface area contributed by atoms with Crippen molar-refractivity contribution >= 4 is 40.4 Å². The molecule has 1 amide bonds. The molecule has 0 spiro atoms. The number of fused-ring (bicyclic) bond motifs is 1. The van der Waals surface area contributed by atoms with Crippen LogP contribution in [0.1, 0.15) is 49.4 Å². The van der Waals surface area contributed by atoms with E-state index in [9.17, 15) is 148 Å². The van der Waals surface area contributed by atoms with Crippen LogP contribution in [0.25, 0.3) is 0 Å². The first-order valence-electron chi connectivity index (χ1n) is 35.1.